The van der Waals surface area contributed by atoms with Crippen molar-refractivity contribution in [2.45, 2.75) is 33.0 Å². The lowest BCUT2D eigenvalue weighted by molar-refractivity contribution is -0.137. The minimum absolute atomic E-state index is 0.183. The molecule has 2 aromatic carbocycles. The number of aromatic hydroxyl groups is 1. The molecule has 3 rings (SSSR count). The SMILES string of the molecule is Cc1c(C(N)=O)c(-c2ccc(C(F)(F)F)cc2)c(C)n1CCc1ccc(O)cc1. The molecule has 7 heteroatoms. The summed E-state index contributed by atoms with van der Waals surface area (Å²) in [6.45, 7) is 4.16. The Balaban J connectivity index is 2.00. The first-order chi connectivity index (χ1) is 13.6. The zero-order valence-electron chi connectivity index (χ0n) is 16.0. The number of carbonyl (C=O) groups excluding carboxylic acids is 1. The first kappa shape index (κ1) is 20.5. The number of phenolic OH excluding ortho intramolecular Hbond substituents is 1. The van der Waals surface area contributed by atoms with E-state index >= 15 is 0 Å². The molecule has 0 atom stereocenters. The van der Waals surface area contributed by atoms with Crippen LogP contribution in [0.3, 0.4) is 0 Å². The smallest absolute Gasteiger partial charge is 0.416 e. The molecule has 0 aliphatic rings. The van der Waals surface area contributed by atoms with Gasteiger partial charge in [-0.1, -0.05) is 24.3 Å². The van der Waals surface area contributed by atoms with Gasteiger partial charge in [-0.25, -0.2) is 0 Å². The number of nitrogens with zero attached hydrogens (tertiary/aromatic N) is 1. The summed E-state index contributed by atoms with van der Waals surface area (Å²) in [4.78, 5) is 12.1. The van der Waals surface area contributed by atoms with Crippen LogP contribution in [-0.2, 0) is 19.1 Å². The Bertz CT molecular complexity index is 1030. The minimum Gasteiger partial charge on any atom is -0.508 e. The van der Waals surface area contributed by atoms with Crippen LogP contribution in [0.15, 0.2) is 48.5 Å². The highest BCUT2D eigenvalue weighted by atomic mass is 19.4. The average Bonchev–Trinajstić information content (AvgIpc) is 2.91. The molecule has 4 nitrogen and oxygen atoms in total. The van der Waals surface area contributed by atoms with Gasteiger partial charge in [0, 0.05) is 23.5 Å². The van der Waals surface area contributed by atoms with Crippen molar-refractivity contribution in [3.05, 3.63) is 76.6 Å². The van der Waals surface area contributed by atoms with E-state index in [4.69, 9.17) is 5.73 Å². The van der Waals surface area contributed by atoms with Crippen molar-refractivity contribution in [1.29, 1.82) is 0 Å². The molecule has 1 heterocycles. The van der Waals surface area contributed by atoms with Gasteiger partial charge in [0.05, 0.1) is 11.1 Å². The molecule has 3 aromatic rings. The lowest BCUT2D eigenvalue weighted by Gasteiger charge is -2.11. The molecular formula is C22H21F3N2O2. The van der Waals surface area contributed by atoms with E-state index in [1.54, 1.807) is 19.1 Å². The number of amides is 1. The highest BCUT2D eigenvalue weighted by Gasteiger charge is 2.30. The van der Waals surface area contributed by atoms with Crippen molar-refractivity contribution in [1.82, 2.24) is 4.57 Å². The van der Waals surface area contributed by atoms with Gasteiger partial charge in [0.1, 0.15) is 5.75 Å². The lowest BCUT2D eigenvalue weighted by atomic mass is 9.99. The summed E-state index contributed by atoms with van der Waals surface area (Å²) in [6, 6.07) is 11.6. The number of alkyl halides is 3. The third-order valence-corrected chi connectivity index (χ3v) is 5.09. The third kappa shape index (κ3) is 4.13. The highest BCUT2D eigenvalue weighted by Crippen LogP contribution is 2.35. The van der Waals surface area contributed by atoms with Crippen LogP contribution in [0.2, 0.25) is 0 Å². The quantitative estimate of drug-likeness (QED) is 0.641. The van der Waals surface area contributed by atoms with Crippen molar-refractivity contribution >= 4 is 5.91 Å². The summed E-state index contributed by atoms with van der Waals surface area (Å²) in [5.41, 5.74) is 8.66. The Kier molecular flexibility index (Phi) is 5.42. The summed E-state index contributed by atoms with van der Waals surface area (Å²) >= 11 is 0. The molecule has 1 aromatic heterocycles. The number of aromatic nitrogens is 1. The van der Waals surface area contributed by atoms with Crippen molar-refractivity contribution < 1.29 is 23.1 Å². The number of carbonyl (C=O) groups is 1. The molecule has 0 saturated heterocycles. The molecule has 152 valence electrons. The fourth-order valence-corrected chi connectivity index (χ4v) is 3.60. The van der Waals surface area contributed by atoms with Crippen LogP contribution in [0, 0.1) is 13.8 Å². The molecule has 1 amide bonds. The maximum absolute atomic E-state index is 12.9. The number of halogens is 3. The van der Waals surface area contributed by atoms with E-state index in [9.17, 15) is 23.1 Å². The summed E-state index contributed by atoms with van der Waals surface area (Å²) < 4.78 is 40.6. The van der Waals surface area contributed by atoms with Gasteiger partial charge in [0.2, 0.25) is 0 Å². The van der Waals surface area contributed by atoms with Crippen LogP contribution in [0.25, 0.3) is 11.1 Å². The second-order valence-electron chi connectivity index (χ2n) is 6.93. The zero-order chi connectivity index (χ0) is 21.3. The number of rotatable bonds is 5. The standard InChI is InChI=1S/C22H21F3N2O2/c1-13-19(16-5-7-17(8-6-16)22(23,24)25)20(21(26)29)14(2)27(13)12-11-15-3-9-18(28)10-4-15/h3-10,28H,11-12H2,1-2H3,(H2,26,29). The monoisotopic (exact) mass is 402 g/mol. The van der Waals surface area contributed by atoms with E-state index in [2.05, 4.69) is 0 Å². The van der Waals surface area contributed by atoms with Crippen molar-refractivity contribution in [2.24, 2.45) is 5.73 Å². The summed E-state index contributed by atoms with van der Waals surface area (Å²) in [5, 5.41) is 9.40. The molecule has 0 aliphatic heterocycles. The van der Waals surface area contributed by atoms with Crippen LogP contribution in [0.4, 0.5) is 13.2 Å². The predicted molar refractivity (Wildman–Crippen MR) is 105 cm³/mol. The Morgan fingerprint density at radius 3 is 2.10 bits per heavy atom. The van der Waals surface area contributed by atoms with Crippen LogP contribution in [0.1, 0.15) is 32.9 Å². The molecule has 0 radical (unpaired) electrons. The molecule has 3 N–H and O–H groups in total. The fourth-order valence-electron chi connectivity index (χ4n) is 3.60. The predicted octanol–water partition coefficient (Wildman–Crippen LogP) is 4.84. The summed E-state index contributed by atoms with van der Waals surface area (Å²) in [5.74, 6) is -0.438. The van der Waals surface area contributed by atoms with E-state index in [1.807, 2.05) is 23.6 Å². The lowest BCUT2D eigenvalue weighted by Crippen LogP contribution is -2.14. The van der Waals surface area contributed by atoms with E-state index in [-0.39, 0.29) is 5.75 Å². The largest absolute Gasteiger partial charge is 0.508 e. The molecule has 0 unspecified atom stereocenters. The van der Waals surface area contributed by atoms with Gasteiger partial charge in [0.25, 0.3) is 5.91 Å². The second-order valence-corrected chi connectivity index (χ2v) is 6.93. The van der Waals surface area contributed by atoms with Gasteiger partial charge in [0.15, 0.2) is 0 Å². The molecular weight excluding hydrogens is 381 g/mol. The number of hydrogen-bond acceptors (Lipinski definition) is 2. The molecule has 0 aliphatic carbocycles. The fraction of sp³-hybridized carbons (Fsp3) is 0.227. The maximum Gasteiger partial charge on any atom is 0.416 e. The molecule has 0 spiro atoms. The Morgan fingerprint density at radius 1 is 1.00 bits per heavy atom. The number of phenols is 1. The van der Waals surface area contributed by atoms with Crippen LogP contribution in [-0.4, -0.2) is 15.6 Å². The van der Waals surface area contributed by atoms with Gasteiger partial charge in [-0.2, -0.15) is 13.2 Å². The Morgan fingerprint density at radius 2 is 1.59 bits per heavy atom. The van der Waals surface area contributed by atoms with Crippen LogP contribution in [0.5, 0.6) is 5.75 Å². The molecule has 0 fully saturated rings. The highest BCUT2D eigenvalue weighted by molar-refractivity contribution is 6.02. The third-order valence-electron chi connectivity index (χ3n) is 5.09. The van der Waals surface area contributed by atoms with E-state index < -0.39 is 17.6 Å². The number of primary amides is 1. The van der Waals surface area contributed by atoms with Crippen LogP contribution >= 0.6 is 0 Å². The zero-order valence-corrected chi connectivity index (χ0v) is 16.0. The minimum atomic E-state index is -4.42. The van der Waals surface area contributed by atoms with Gasteiger partial charge >= 0.3 is 6.18 Å². The van der Waals surface area contributed by atoms with Crippen molar-refractivity contribution in [3.8, 4) is 16.9 Å². The van der Waals surface area contributed by atoms with Crippen LogP contribution < -0.4 is 5.73 Å². The number of benzene rings is 2. The molecule has 0 saturated carbocycles. The Labute approximate surface area is 166 Å². The van der Waals surface area contributed by atoms with Gasteiger partial charge < -0.3 is 15.4 Å². The second kappa shape index (κ2) is 7.66. The van der Waals surface area contributed by atoms with Gasteiger partial charge in [-0.3, -0.25) is 4.79 Å². The molecule has 29 heavy (non-hydrogen) atoms. The molecule has 0 bridgehead atoms. The number of hydrogen-bond donors (Lipinski definition) is 2. The maximum atomic E-state index is 12.9. The van der Waals surface area contributed by atoms with Gasteiger partial charge in [-0.05, 0) is 55.7 Å². The van der Waals surface area contributed by atoms with Gasteiger partial charge in [-0.15, -0.1) is 0 Å². The van der Waals surface area contributed by atoms with Crippen molar-refractivity contribution in [2.75, 3.05) is 0 Å². The topological polar surface area (TPSA) is 68.2 Å². The number of aryl methyl sites for hydroxylation is 1. The summed E-state index contributed by atoms with van der Waals surface area (Å²) in [7, 11) is 0. The average molecular weight is 402 g/mol. The van der Waals surface area contributed by atoms with E-state index in [0.717, 1.165) is 23.4 Å². The first-order valence-corrected chi connectivity index (χ1v) is 9.04. The first-order valence-electron chi connectivity index (χ1n) is 9.04. The normalized spacial score (nSPS) is 11.6. The Hall–Kier alpha value is -3.22. The van der Waals surface area contributed by atoms with Crippen molar-refractivity contribution in [3.63, 3.8) is 0 Å². The summed E-state index contributed by atoms with van der Waals surface area (Å²) in [6.07, 6.45) is -3.77. The van der Waals surface area contributed by atoms with E-state index in [0.29, 0.717) is 35.3 Å². The number of nitrogens with two attached hydrogens (primary N) is 1. The van der Waals surface area contributed by atoms with E-state index in [1.165, 1.54) is 12.1 Å².